The topological polar surface area (TPSA) is 34.9 Å². The maximum atomic E-state index is 10.4. The molecule has 42 valence electrons. The molecule has 1 aromatic rings. The number of hydrogen-bond donors (Lipinski definition) is 0. The molecule has 8 heavy (non-hydrogen) atoms. The van der Waals surface area contributed by atoms with Gasteiger partial charge in [-0.05, 0) is 0 Å². The number of aromatic nitrogens is 2. The van der Waals surface area contributed by atoms with Crippen LogP contribution in [0.4, 0.5) is 0 Å². The summed E-state index contributed by atoms with van der Waals surface area (Å²) in [5, 5.41) is 3.73. The minimum Gasteiger partial charge on any atom is -0.273 e. The molecule has 0 amide bonds. The predicted molar refractivity (Wildman–Crippen MR) is 31.0 cm³/mol. The largest absolute Gasteiger partial charge is 0.273 e. The molecule has 0 saturated heterocycles. The van der Waals surface area contributed by atoms with Crippen LogP contribution in [0.2, 0.25) is 0 Å². The van der Waals surface area contributed by atoms with E-state index < -0.39 is 0 Å². The highest BCUT2D eigenvalue weighted by Crippen LogP contribution is 1.99. The van der Waals surface area contributed by atoms with Crippen molar-refractivity contribution >= 4 is 14.3 Å². The van der Waals surface area contributed by atoms with Crippen molar-refractivity contribution in [3.63, 3.8) is 0 Å². The second-order valence-electron chi connectivity index (χ2n) is 1.34. The van der Waals surface area contributed by atoms with Crippen molar-refractivity contribution in [2.24, 2.45) is 0 Å². The first-order valence-corrected chi connectivity index (χ1v) is 3.09. The Morgan fingerprint density at radius 3 is 2.88 bits per heavy atom. The second kappa shape index (κ2) is 2.05. The zero-order valence-corrected chi connectivity index (χ0v) is 5.30. The summed E-state index contributed by atoms with van der Waals surface area (Å²) in [7, 11) is 0.852. The summed E-state index contributed by atoms with van der Waals surface area (Å²) < 4.78 is 1.38. The van der Waals surface area contributed by atoms with Crippen LogP contribution in [0.5, 0.6) is 0 Å². The van der Waals surface area contributed by atoms with Gasteiger partial charge >= 0.3 is 0 Å². The zero-order valence-electron chi connectivity index (χ0n) is 4.40. The Hall–Kier alpha value is -0.690. The summed E-state index contributed by atoms with van der Waals surface area (Å²) >= 11 is 0. The predicted octanol–water partition coefficient (Wildman–Crippen LogP) is 1.12. The van der Waals surface area contributed by atoms with Crippen LogP contribution in [0, 0.1) is 0 Å². The summed E-state index contributed by atoms with van der Waals surface area (Å²) in [4.78, 5) is 10.4. The monoisotopic (exact) mass is 128 g/mol. The van der Waals surface area contributed by atoms with Crippen LogP contribution in [0.25, 0.3) is 0 Å². The van der Waals surface area contributed by atoms with Gasteiger partial charge in [-0.2, -0.15) is 9.54 Å². The van der Waals surface area contributed by atoms with Crippen LogP contribution in [-0.2, 0) is 0 Å². The van der Waals surface area contributed by atoms with Crippen molar-refractivity contribution in [1.29, 1.82) is 0 Å². The molecule has 0 saturated carbocycles. The Balaban J connectivity index is 2.93. The molecular formula is C4H5N2OP. The number of carbonyl (C=O) groups excluding carboxylic acids is 1. The van der Waals surface area contributed by atoms with Crippen LogP contribution in [0.15, 0.2) is 12.0 Å². The Morgan fingerprint density at radius 2 is 2.62 bits per heavy atom. The van der Waals surface area contributed by atoms with Gasteiger partial charge in [0.15, 0.2) is 0 Å². The molecule has 0 aromatic carbocycles. The van der Waals surface area contributed by atoms with E-state index in [0.717, 1.165) is 8.35 Å². The van der Waals surface area contributed by atoms with Gasteiger partial charge in [0, 0.05) is 21.1 Å². The standard InChI is InChI=1S/C4H5N2OP/c1-4(7)6-5-2-3-8-6/h2-3H,1H3. The van der Waals surface area contributed by atoms with E-state index in [9.17, 15) is 4.79 Å². The van der Waals surface area contributed by atoms with Crippen LogP contribution in [0.1, 0.15) is 11.7 Å². The molecule has 0 aliphatic carbocycles. The molecule has 1 aromatic heterocycles. The van der Waals surface area contributed by atoms with Gasteiger partial charge in [0.05, 0.1) is 6.20 Å². The van der Waals surface area contributed by atoms with E-state index in [1.165, 1.54) is 11.4 Å². The van der Waals surface area contributed by atoms with Gasteiger partial charge in [-0.3, -0.25) is 4.79 Å². The fourth-order valence-corrected chi connectivity index (χ4v) is 0.906. The average Bonchev–Trinajstić information content (AvgIpc) is 2.12. The molecule has 0 N–H and O–H groups in total. The molecule has 0 fully saturated rings. The van der Waals surface area contributed by atoms with E-state index in [2.05, 4.69) is 5.10 Å². The normalized spacial score (nSPS) is 10.1. The van der Waals surface area contributed by atoms with E-state index in [1.807, 2.05) is 0 Å². The van der Waals surface area contributed by atoms with Crippen LogP contribution < -0.4 is 0 Å². The van der Waals surface area contributed by atoms with Crippen molar-refractivity contribution in [1.82, 2.24) is 9.54 Å². The maximum absolute atomic E-state index is 10.4. The fraction of sp³-hybridized carbons (Fsp3) is 0.250. The molecule has 3 nitrogen and oxygen atoms in total. The Morgan fingerprint density at radius 1 is 1.88 bits per heavy atom. The number of rotatable bonds is 0. The molecule has 4 heteroatoms. The van der Waals surface area contributed by atoms with Gasteiger partial charge in [0.25, 0.3) is 0 Å². The van der Waals surface area contributed by atoms with E-state index in [1.54, 1.807) is 12.0 Å². The fourth-order valence-electron chi connectivity index (χ4n) is 0.378. The van der Waals surface area contributed by atoms with Gasteiger partial charge in [-0.1, -0.05) is 0 Å². The highest BCUT2D eigenvalue weighted by molar-refractivity contribution is 7.25. The Kier molecular flexibility index (Phi) is 1.40. The van der Waals surface area contributed by atoms with Crippen LogP contribution >= 0.6 is 8.35 Å². The van der Waals surface area contributed by atoms with Gasteiger partial charge < -0.3 is 0 Å². The highest BCUT2D eigenvalue weighted by Gasteiger charge is 1.92. The van der Waals surface area contributed by atoms with Gasteiger partial charge in [-0.25, -0.2) is 0 Å². The molecular weight excluding hydrogens is 123 g/mol. The first-order valence-electron chi connectivity index (χ1n) is 2.18. The van der Waals surface area contributed by atoms with E-state index in [4.69, 9.17) is 0 Å². The summed E-state index contributed by atoms with van der Waals surface area (Å²) in [6.45, 7) is 1.49. The quantitative estimate of drug-likeness (QED) is 0.524. The SMILES string of the molecule is CC(=O)n1nccp1. The summed E-state index contributed by atoms with van der Waals surface area (Å²) in [6.07, 6.45) is 1.61. The molecule has 1 heterocycles. The zero-order chi connectivity index (χ0) is 5.98. The molecule has 0 radical (unpaired) electrons. The molecule has 0 spiro atoms. The van der Waals surface area contributed by atoms with E-state index in [0.29, 0.717) is 0 Å². The summed E-state index contributed by atoms with van der Waals surface area (Å²) in [5.74, 6) is 1.79. The van der Waals surface area contributed by atoms with Crippen LogP contribution in [0.3, 0.4) is 0 Å². The molecule has 0 bridgehead atoms. The highest BCUT2D eigenvalue weighted by atomic mass is 31.0. The van der Waals surface area contributed by atoms with E-state index >= 15 is 0 Å². The lowest BCUT2D eigenvalue weighted by Gasteiger charge is -1.85. The molecule has 0 aliphatic rings. The number of nitrogens with zero attached hydrogens (tertiary/aromatic N) is 2. The van der Waals surface area contributed by atoms with E-state index in [-0.39, 0.29) is 5.91 Å². The second-order valence-corrected chi connectivity index (χ2v) is 2.25. The van der Waals surface area contributed by atoms with Gasteiger partial charge in [0.2, 0.25) is 5.91 Å². The third-order valence-electron chi connectivity index (χ3n) is 0.700. The van der Waals surface area contributed by atoms with Crippen molar-refractivity contribution in [2.75, 3.05) is 0 Å². The molecule has 0 unspecified atom stereocenters. The molecule has 0 aliphatic heterocycles. The lowest BCUT2D eigenvalue weighted by Crippen LogP contribution is -2.01. The minimum absolute atomic E-state index is 0.0170. The van der Waals surface area contributed by atoms with Crippen LogP contribution in [-0.4, -0.2) is 15.5 Å². The molecule has 0 atom stereocenters. The number of hydrogen-bond acceptors (Lipinski definition) is 2. The Bertz CT molecular complexity index is 182. The van der Waals surface area contributed by atoms with Crippen molar-refractivity contribution in [3.8, 4) is 0 Å². The lowest BCUT2D eigenvalue weighted by atomic mass is 10.8. The third-order valence-corrected chi connectivity index (χ3v) is 1.57. The van der Waals surface area contributed by atoms with Gasteiger partial charge in [0.1, 0.15) is 0 Å². The lowest BCUT2D eigenvalue weighted by molar-refractivity contribution is 0.0935. The summed E-state index contributed by atoms with van der Waals surface area (Å²) in [6, 6.07) is 0. The summed E-state index contributed by atoms with van der Waals surface area (Å²) in [5.41, 5.74) is 0. The van der Waals surface area contributed by atoms with Crippen molar-refractivity contribution in [2.45, 2.75) is 6.92 Å². The van der Waals surface area contributed by atoms with Gasteiger partial charge in [-0.15, -0.1) is 0 Å². The average molecular weight is 128 g/mol. The van der Waals surface area contributed by atoms with Crippen molar-refractivity contribution < 1.29 is 4.79 Å². The third kappa shape index (κ3) is 0.928. The number of carbonyl (C=O) groups is 1. The smallest absolute Gasteiger partial charge is 0.247 e. The maximum Gasteiger partial charge on any atom is 0.247 e. The minimum atomic E-state index is -0.0170. The first kappa shape index (κ1) is 5.45. The first-order chi connectivity index (χ1) is 3.80. The Labute approximate surface area is 48.5 Å². The molecule has 1 rings (SSSR count). The van der Waals surface area contributed by atoms with Crippen molar-refractivity contribution in [3.05, 3.63) is 12.0 Å².